The molecule has 0 amide bonds. The van der Waals surface area contributed by atoms with E-state index in [0.717, 1.165) is 28.0 Å². The predicted octanol–water partition coefficient (Wildman–Crippen LogP) is 3.12. The number of pyridine rings is 1. The molecule has 6 rings (SSSR count). The number of aromatic amines is 1. The van der Waals surface area contributed by atoms with Crippen LogP contribution in [0.5, 0.6) is 0 Å². The monoisotopic (exact) mass is 549 g/mol. The minimum absolute atomic E-state index is 0.116. The molecule has 0 radical (unpaired) electrons. The number of rotatable bonds is 3. The summed E-state index contributed by atoms with van der Waals surface area (Å²) in [6.07, 6.45) is 1.24. The highest BCUT2D eigenvalue weighted by atomic mass is 19.4. The molecule has 0 unspecified atom stereocenters. The molecule has 2 fully saturated rings. The number of aromatic nitrogens is 5. The fraction of sp³-hybridized carbons (Fsp3) is 0.480. The lowest BCUT2D eigenvalue weighted by Crippen LogP contribution is -2.51. The van der Waals surface area contributed by atoms with Crippen LogP contribution in [-0.2, 0) is 11.3 Å². The van der Waals surface area contributed by atoms with Crippen LogP contribution in [0.15, 0.2) is 46.5 Å². The van der Waals surface area contributed by atoms with Gasteiger partial charge >= 0.3 is 6.18 Å². The Labute approximate surface area is 220 Å². The van der Waals surface area contributed by atoms with E-state index in [1.165, 1.54) is 24.8 Å². The number of ether oxygens (including phenoxy) is 1. The Bertz CT molecular complexity index is 1410. The molecule has 39 heavy (non-hydrogen) atoms. The van der Waals surface area contributed by atoms with Gasteiger partial charge in [0.15, 0.2) is 5.82 Å². The summed E-state index contributed by atoms with van der Waals surface area (Å²) in [5.74, 6) is -1.18. The minimum atomic E-state index is -4.57. The van der Waals surface area contributed by atoms with E-state index < -0.39 is 30.0 Å². The van der Waals surface area contributed by atoms with E-state index in [1.807, 2.05) is 0 Å². The molecule has 0 aromatic carbocycles. The van der Waals surface area contributed by atoms with Crippen molar-refractivity contribution in [3.05, 3.63) is 69.1 Å². The molecule has 2 aliphatic heterocycles. The molecule has 3 aromatic rings. The van der Waals surface area contributed by atoms with Crippen molar-refractivity contribution in [2.75, 3.05) is 29.6 Å². The third-order valence-corrected chi connectivity index (χ3v) is 6.89. The number of hydrogen-bond donors (Lipinski definition) is 1. The fourth-order valence-electron chi connectivity index (χ4n) is 4.72. The van der Waals surface area contributed by atoms with Crippen LogP contribution in [0.4, 0.5) is 35.0 Å². The van der Waals surface area contributed by atoms with Gasteiger partial charge in [0.05, 0.1) is 37.5 Å². The Balaban J connectivity index is 0.000000384. The highest BCUT2D eigenvalue weighted by molar-refractivity contribution is 5.61. The van der Waals surface area contributed by atoms with Crippen molar-refractivity contribution < 1.29 is 22.3 Å². The fourth-order valence-corrected chi connectivity index (χ4v) is 4.72. The average molecular weight is 550 g/mol. The van der Waals surface area contributed by atoms with Gasteiger partial charge in [-0.25, -0.2) is 4.98 Å². The Kier molecular flexibility index (Phi) is 7.38. The van der Waals surface area contributed by atoms with Crippen LogP contribution >= 0.6 is 0 Å². The molecule has 1 saturated carbocycles. The van der Waals surface area contributed by atoms with Crippen molar-refractivity contribution in [1.29, 1.82) is 0 Å². The summed E-state index contributed by atoms with van der Waals surface area (Å²) in [5, 5.41) is 0. The lowest BCUT2D eigenvalue weighted by Gasteiger charge is -2.40. The number of hydrogen-bond acceptors (Lipinski definition) is 8. The first-order valence-corrected chi connectivity index (χ1v) is 12.6. The maximum absolute atomic E-state index is 15.0. The zero-order valence-corrected chi connectivity index (χ0v) is 21.1. The summed E-state index contributed by atoms with van der Waals surface area (Å²) in [5.41, 5.74) is -0.0851. The van der Waals surface area contributed by atoms with Gasteiger partial charge in [0.2, 0.25) is 11.8 Å². The number of anilines is 3. The summed E-state index contributed by atoms with van der Waals surface area (Å²) in [6, 6.07) is 2.47. The van der Waals surface area contributed by atoms with Crippen LogP contribution in [0.3, 0.4) is 0 Å². The van der Waals surface area contributed by atoms with Gasteiger partial charge < -0.3 is 14.6 Å². The van der Waals surface area contributed by atoms with Crippen molar-refractivity contribution in [3.63, 3.8) is 0 Å². The van der Waals surface area contributed by atoms with Crippen molar-refractivity contribution in [2.45, 2.75) is 56.9 Å². The number of alkyl halides is 3. The third-order valence-electron chi connectivity index (χ3n) is 6.89. The standard InChI is InChI=1S/C21H23F4N5O2.C4H4N2O/c1-12-11-32-9-8-28(12)18-17(22)19(31)29-7-6-16(21(23,24)25)30(20(29)27-18)14-4-5-15(26-10-14)13-2-3-13;7-4-1-2-5-3-6-4/h4-5,10,12-13,16H,2-3,6-9,11H2,1H3;1-3H,(H,5,6,7)/t12-,16+;/m1./s1. The number of morpholine rings is 1. The number of fused-ring (bicyclic) bond motifs is 1. The molecule has 0 spiro atoms. The SMILES string of the molecule is C[C@@H]1COCCN1c1nc2n(c(=O)c1F)CC[C@@H](C(F)(F)F)N2c1ccc(C2CC2)nc1.O=c1ccnc[nH]1. The predicted molar refractivity (Wildman–Crippen MR) is 134 cm³/mol. The second-order valence-electron chi connectivity index (χ2n) is 9.66. The first-order valence-electron chi connectivity index (χ1n) is 12.6. The van der Waals surface area contributed by atoms with Crippen LogP contribution in [-0.4, -0.2) is 62.5 Å². The van der Waals surface area contributed by atoms with Gasteiger partial charge in [-0.15, -0.1) is 0 Å². The van der Waals surface area contributed by atoms with E-state index >= 15 is 4.39 Å². The van der Waals surface area contributed by atoms with E-state index in [1.54, 1.807) is 24.0 Å². The van der Waals surface area contributed by atoms with E-state index in [9.17, 15) is 22.8 Å². The van der Waals surface area contributed by atoms with Crippen LogP contribution in [0.1, 0.15) is 37.8 Å². The largest absolute Gasteiger partial charge is 0.409 e. The Morgan fingerprint density at radius 1 is 1.10 bits per heavy atom. The summed E-state index contributed by atoms with van der Waals surface area (Å²) in [6.45, 7) is 2.42. The van der Waals surface area contributed by atoms with Crippen molar-refractivity contribution in [3.8, 4) is 0 Å². The highest BCUT2D eigenvalue weighted by Crippen LogP contribution is 2.42. The van der Waals surface area contributed by atoms with Gasteiger partial charge in [-0.1, -0.05) is 0 Å². The van der Waals surface area contributed by atoms with Gasteiger partial charge in [-0.05, 0) is 38.3 Å². The average Bonchev–Trinajstić information content (AvgIpc) is 3.77. The van der Waals surface area contributed by atoms with Gasteiger partial charge in [-0.2, -0.15) is 22.5 Å². The van der Waals surface area contributed by atoms with Crippen LogP contribution in [0, 0.1) is 5.82 Å². The molecule has 1 N–H and O–H groups in total. The minimum Gasteiger partial charge on any atom is -0.377 e. The Hall–Kier alpha value is -3.81. The number of halogens is 4. The summed E-state index contributed by atoms with van der Waals surface area (Å²) >= 11 is 0. The Morgan fingerprint density at radius 3 is 2.46 bits per heavy atom. The molecule has 0 bridgehead atoms. The van der Waals surface area contributed by atoms with E-state index in [-0.39, 0.29) is 42.1 Å². The second kappa shape index (κ2) is 10.8. The van der Waals surface area contributed by atoms with Crippen molar-refractivity contribution >= 4 is 17.5 Å². The summed E-state index contributed by atoms with van der Waals surface area (Å²) in [7, 11) is 0. The highest BCUT2D eigenvalue weighted by Gasteiger charge is 2.48. The normalized spacial score (nSPS) is 21.2. The number of nitrogens with one attached hydrogen (secondary N) is 1. The van der Waals surface area contributed by atoms with E-state index in [2.05, 4.69) is 19.9 Å². The molecule has 2 atom stereocenters. The maximum atomic E-state index is 15.0. The van der Waals surface area contributed by atoms with Crippen LogP contribution in [0.25, 0.3) is 0 Å². The van der Waals surface area contributed by atoms with Crippen LogP contribution < -0.4 is 20.9 Å². The van der Waals surface area contributed by atoms with Gasteiger partial charge in [-0.3, -0.25) is 24.0 Å². The number of H-pyrrole nitrogens is 1. The maximum Gasteiger partial charge on any atom is 0.409 e. The molecule has 5 heterocycles. The first-order chi connectivity index (χ1) is 18.6. The third kappa shape index (κ3) is 5.65. The molecule has 3 aromatic heterocycles. The number of nitrogens with zero attached hydrogens (tertiary/aromatic N) is 6. The molecule has 10 nitrogen and oxygen atoms in total. The molecule has 1 aliphatic carbocycles. The van der Waals surface area contributed by atoms with E-state index in [0.29, 0.717) is 19.1 Å². The molecular formula is C25H27F4N7O3. The second-order valence-corrected chi connectivity index (χ2v) is 9.66. The Morgan fingerprint density at radius 2 is 1.90 bits per heavy atom. The van der Waals surface area contributed by atoms with Gasteiger partial charge in [0, 0.05) is 37.0 Å². The topological polar surface area (TPSA) is 109 Å². The smallest absolute Gasteiger partial charge is 0.377 e. The zero-order chi connectivity index (χ0) is 27.7. The van der Waals surface area contributed by atoms with Crippen LogP contribution in [0.2, 0.25) is 0 Å². The lowest BCUT2D eigenvalue weighted by molar-refractivity contribution is -0.150. The van der Waals surface area contributed by atoms with Crippen molar-refractivity contribution in [2.24, 2.45) is 0 Å². The van der Waals surface area contributed by atoms with Crippen molar-refractivity contribution in [1.82, 2.24) is 24.5 Å². The lowest BCUT2D eigenvalue weighted by atomic mass is 10.1. The molecule has 208 valence electrons. The van der Waals surface area contributed by atoms with Gasteiger partial charge in [0.1, 0.15) is 6.04 Å². The van der Waals surface area contributed by atoms with Gasteiger partial charge in [0.25, 0.3) is 11.1 Å². The molecule has 14 heteroatoms. The zero-order valence-electron chi connectivity index (χ0n) is 21.1. The molecule has 1 saturated heterocycles. The molecule has 3 aliphatic rings. The quantitative estimate of drug-likeness (QED) is 0.497. The summed E-state index contributed by atoms with van der Waals surface area (Å²) < 4.78 is 63.4. The first kappa shape index (κ1) is 26.8. The molecular weight excluding hydrogens is 522 g/mol. The summed E-state index contributed by atoms with van der Waals surface area (Å²) in [4.78, 5) is 40.2. The van der Waals surface area contributed by atoms with E-state index in [4.69, 9.17) is 4.74 Å².